The highest BCUT2D eigenvalue weighted by Crippen LogP contribution is 2.33. The van der Waals surface area contributed by atoms with Gasteiger partial charge in [0.05, 0.1) is 11.3 Å². The molecule has 0 radical (unpaired) electrons. The van der Waals surface area contributed by atoms with Crippen LogP contribution in [0.5, 0.6) is 17.2 Å². The average molecular weight is 400 g/mol. The average Bonchev–Trinajstić information content (AvgIpc) is 2.65. The standard InChI is InChI=1S/C20H18ClN3O4/c21-12-3-1-11(2-4-12)19-22-16-5-6-24(9-14(16)20(28)23-19)10-15-17(26)7-13(25)8-18(15)27/h1-4,7-8,25-27H,5-6,9-10H2,(H,22,23,28). The first-order chi connectivity index (χ1) is 13.4. The minimum absolute atomic E-state index is 0.187. The maximum Gasteiger partial charge on any atom is 0.255 e. The molecule has 0 fully saturated rings. The van der Waals surface area contributed by atoms with E-state index in [1.807, 2.05) is 4.90 Å². The van der Waals surface area contributed by atoms with Gasteiger partial charge in [-0.25, -0.2) is 4.98 Å². The Kier molecular flexibility index (Phi) is 4.70. The third kappa shape index (κ3) is 3.54. The van der Waals surface area contributed by atoms with Crippen molar-refractivity contribution in [1.82, 2.24) is 14.9 Å². The number of phenols is 3. The zero-order valence-electron chi connectivity index (χ0n) is 14.8. The fourth-order valence-corrected chi connectivity index (χ4v) is 3.50. The van der Waals surface area contributed by atoms with Crippen molar-refractivity contribution in [2.24, 2.45) is 0 Å². The molecule has 0 atom stereocenters. The van der Waals surface area contributed by atoms with Crippen LogP contribution in [0.3, 0.4) is 0 Å². The second-order valence-electron chi connectivity index (χ2n) is 6.77. The van der Waals surface area contributed by atoms with Crippen LogP contribution in [0.15, 0.2) is 41.2 Å². The van der Waals surface area contributed by atoms with Crippen LogP contribution in [-0.2, 0) is 19.5 Å². The van der Waals surface area contributed by atoms with E-state index in [1.54, 1.807) is 24.3 Å². The Morgan fingerprint density at radius 2 is 1.79 bits per heavy atom. The molecule has 0 bridgehead atoms. The van der Waals surface area contributed by atoms with Crippen molar-refractivity contribution in [3.05, 3.63) is 68.6 Å². The highest BCUT2D eigenvalue weighted by Gasteiger charge is 2.23. The molecule has 0 saturated heterocycles. The van der Waals surface area contributed by atoms with E-state index in [2.05, 4.69) is 9.97 Å². The normalized spacial score (nSPS) is 14.0. The van der Waals surface area contributed by atoms with Crippen LogP contribution in [0.25, 0.3) is 11.4 Å². The summed E-state index contributed by atoms with van der Waals surface area (Å²) >= 11 is 5.91. The maximum absolute atomic E-state index is 12.6. The molecule has 28 heavy (non-hydrogen) atoms. The van der Waals surface area contributed by atoms with Crippen molar-refractivity contribution in [1.29, 1.82) is 0 Å². The topological polar surface area (TPSA) is 110 Å². The van der Waals surface area contributed by atoms with E-state index in [9.17, 15) is 20.1 Å². The van der Waals surface area contributed by atoms with Crippen LogP contribution in [0.2, 0.25) is 5.02 Å². The number of fused-ring (bicyclic) bond motifs is 1. The van der Waals surface area contributed by atoms with Gasteiger partial charge in [0.25, 0.3) is 5.56 Å². The summed E-state index contributed by atoms with van der Waals surface area (Å²) in [6.07, 6.45) is 0.569. The summed E-state index contributed by atoms with van der Waals surface area (Å²) in [6, 6.07) is 9.46. The summed E-state index contributed by atoms with van der Waals surface area (Å²) in [6.45, 7) is 1.21. The second kappa shape index (κ2) is 7.18. The van der Waals surface area contributed by atoms with E-state index in [1.165, 1.54) is 12.1 Å². The first-order valence-electron chi connectivity index (χ1n) is 8.75. The molecule has 3 aromatic rings. The van der Waals surface area contributed by atoms with Crippen molar-refractivity contribution in [3.63, 3.8) is 0 Å². The molecular weight excluding hydrogens is 382 g/mol. The largest absolute Gasteiger partial charge is 0.508 e. The number of halogens is 1. The lowest BCUT2D eigenvalue weighted by atomic mass is 10.0. The van der Waals surface area contributed by atoms with Gasteiger partial charge in [0.2, 0.25) is 0 Å². The van der Waals surface area contributed by atoms with Crippen LogP contribution >= 0.6 is 11.6 Å². The highest BCUT2D eigenvalue weighted by molar-refractivity contribution is 6.30. The zero-order valence-corrected chi connectivity index (χ0v) is 15.6. The van der Waals surface area contributed by atoms with Gasteiger partial charge in [-0.3, -0.25) is 9.69 Å². The summed E-state index contributed by atoms with van der Waals surface area (Å²) in [7, 11) is 0. The predicted molar refractivity (Wildman–Crippen MR) is 105 cm³/mol. The van der Waals surface area contributed by atoms with Crippen molar-refractivity contribution >= 4 is 11.6 Å². The lowest BCUT2D eigenvalue weighted by Crippen LogP contribution is -2.35. The molecule has 4 N–H and O–H groups in total. The molecule has 1 aliphatic heterocycles. The number of phenolic OH excluding ortho intramolecular Hbond substituents is 3. The zero-order chi connectivity index (χ0) is 19.8. The van der Waals surface area contributed by atoms with Crippen molar-refractivity contribution in [2.75, 3.05) is 6.54 Å². The lowest BCUT2D eigenvalue weighted by molar-refractivity contribution is 0.235. The van der Waals surface area contributed by atoms with Gasteiger partial charge < -0.3 is 20.3 Å². The summed E-state index contributed by atoms with van der Waals surface area (Å²) < 4.78 is 0. The number of aromatic amines is 1. The van der Waals surface area contributed by atoms with Crippen LogP contribution < -0.4 is 5.56 Å². The number of hydrogen-bond donors (Lipinski definition) is 4. The Morgan fingerprint density at radius 1 is 1.11 bits per heavy atom. The Morgan fingerprint density at radius 3 is 2.46 bits per heavy atom. The molecule has 144 valence electrons. The van der Waals surface area contributed by atoms with Gasteiger partial charge in [-0.2, -0.15) is 0 Å². The lowest BCUT2D eigenvalue weighted by Gasteiger charge is -2.28. The summed E-state index contributed by atoms with van der Waals surface area (Å²) in [5, 5.41) is 30.0. The van der Waals surface area contributed by atoms with Crippen molar-refractivity contribution in [3.8, 4) is 28.6 Å². The molecule has 0 unspecified atom stereocenters. The summed E-state index contributed by atoms with van der Waals surface area (Å²) in [5.74, 6) is -0.0809. The van der Waals surface area contributed by atoms with Gasteiger partial charge >= 0.3 is 0 Å². The van der Waals surface area contributed by atoms with E-state index in [4.69, 9.17) is 11.6 Å². The van der Waals surface area contributed by atoms with Crippen LogP contribution in [0.4, 0.5) is 0 Å². The number of aromatic nitrogens is 2. The molecule has 0 spiro atoms. The number of nitrogens with zero attached hydrogens (tertiary/aromatic N) is 2. The molecule has 0 saturated carbocycles. The number of aromatic hydroxyl groups is 3. The number of rotatable bonds is 3. The highest BCUT2D eigenvalue weighted by atomic mass is 35.5. The minimum Gasteiger partial charge on any atom is -0.508 e. The van der Waals surface area contributed by atoms with E-state index in [0.717, 1.165) is 11.3 Å². The minimum atomic E-state index is -0.210. The van der Waals surface area contributed by atoms with Gasteiger partial charge in [0.1, 0.15) is 23.1 Å². The van der Waals surface area contributed by atoms with Gasteiger partial charge in [-0.1, -0.05) is 11.6 Å². The second-order valence-corrected chi connectivity index (χ2v) is 7.21. The molecule has 1 aliphatic rings. The first-order valence-corrected chi connectivity index (χ1v) is 9.12. The fourth-order valence-electron chi connectivity index (χ4n) is 3.37. The number of hydrogen-bond acceptors (Lipinski definition) is 6. The molecule has 0 amide bonds. The molecule has 4 rings (SSSR count). The molecule has 2 aromatic carbocycles. The molecule has 1 aromatic heterocycles. The monoisotopic (exact) mass is 399 g/mol. The fraction of sp³-hybridized carbons (Fsp3) is 0.200. The quantitative estimate of drug-likeness (QED) is 0.539. The van der Waals surface area contributed by atoms with Crippen LogP contribution in [0, 0.1) is 0 Å². The molecule has 7 nitrogen and oxygen atoms in total. The third-order valence-electron chi connectivity index (χ3n) is 4.83. The van der Waals surface area contributed by atoms with E-state index < -0.39 is 0 Å². The maximum atomic E-state index is 12.6. The SMILES string of the molecule is O=c1[nH]c(-c2ccc(Cl)cc2)nc2c1CN(Cc1c(O)cc(O)cc1O)CC2. The van der Waals surface area contributed by atoms with Crippen LogP contribution in [0.1, 0.15) is 16.8 Å². The van der Waals surface area contributed by atoms with Gasteiger partial charge in [-0.05, 0) is 24.3 Å². The first kappa shape index (κ1) is 18.3. The number of H-pyrrole nitrogens is 1. The third-order valence-corrected chi connectivity index (χ3v) is 5.09. The van der Waals surface area contributed by atoms with Gasteiger partial charge in [-0.15, -0.1) is 0 Å². The molecular formula is C20H18ClN3O4. The van der Waals surface area contributed by atoms with Crippen LogP contribution in [-0.4, -0.2) is 36.7 Å². The van der Waals surface area contributed by atoms with Gasteiger partial charge in [0.15, 0.2) is 0 Å². The van der Waals surface area contributed by atoms with E-state index in [0.29, 0.717) is 41.5 Å². The van der Waals surface area contributed by atoms with Crippen molar-refractivity contribution in [2.45, 2.75) is 19.5 Å². The number of nitrogens with one attached hydrogen (secondary N) is 1. The van der Waals surface area contributed by atoms with E-state index in [-0.39, 0.29) is 29.4 Å². The summed E-state index contributed by atoms with van der Waals surface area (Å²) in [4.78, 5) is 22.0. The molecule has 2 heterocycles. The predicted octanol–water partition coefficient (Wildman–Crippen LogP) is 2.77. The number of benzene rings is 2. The Labute approximate surface area is 165 Å². The Balaban J connectivity index is 1.60. The molecule has 0 aliphatic carbocycles. The van der Waals surface area contributed by atoms with Gasteiger partial charge in [0, 0.05) is 54.3 Å². The smallest absolute Gasteiger partial charge is 0.255 e. The molecule has 8 heteroatoms. The Hall–Kier alpha value is -3.03. The van der Waals surface area contributed by atoms with E-state index >= 15 is 0 Å². The summed E-state index contributed by atoms with van der Waals surface area (Å²) in [5.41, 5.74) is 2.19. The Bertz CT molecular complexity index is 1070. The van der Waals surface area contributed by atoms with Crippen molar-refractivity contribution < 1.29 is 15.3 Å².